The SMILES string of the molecule is CCCCOCCC1(C(=O)O)CC1. The highest BCUT2D eigenvalue weighted by atomic mass is 16.5. The Hall–Kier alpha value is -0.570. The zero-order chi connectivity index (χ0) is 9.73. The zero-order valence-electron chi connectivity index (χ0n) is 8.21. The molecule has 0 radical (unpaired) electrons. The van der Waals surface area contributed by atoms with Crippen molar-refractivity contribution in [1.82, 2.24) is 0 Å². The van der Waals surface area contributed by atoms with Crippen molar-refractivity contribution in [1.29, 1.82) is 0 Å². The highest BCUT2D eigenvalue weighted by molar-refractivity contribution is 5.77. The number of aliphatic carboxylic acids is 1. The second-order valence-electron chi connectivity index (χ2n) is 3.80. The van der Waals surface area contributed by atoms with Crippen LogP contribution in [0.4, 0.5) is 0 Å². The first-order valence-corrected chi connectivity index (χ1v) is 5.02. The first-order chi connectivity index (χ1) is 6.21. The second kappa shape index (κ2) is 4.61. The molecule has 0 aliphatic heterocycles. The van der Waals surface area contributed by atoms with E-state index >= 15 is 0 Å². The molecule has 0 bridgehead atoms. The molecule has 0 aromatic carbocycles. The van der Waals surface area contributed by atoms with Gasteiger partial charge in [0.05, 0.1) is 5.41 Å². The monoisotopic (exact) mass is 186 g/mol. The molecule has 0 amide bonds. The predicted octanol–water partition coefficient (Wildman–Crippen LogP) is 2.06. The van der Waals surface area contributed by atoms with Crippen LogP contribution in [0.2, 0.25) is 0 Å². The van der Waals surface area contributed by atoms with Gasteiger partial charge in [0.15, 0.2) is 0 Å². The normalized spacial score (nSPS) is 18.5. The lowest BCUT2D eigenvalue weighted by molar-refractivity contribution is -0.144. The maximum Gasteiger partial charge on any atom is 0.309 e. The Bertz CT molecular complexity index is 173. The Morgan fingerprint density at radius 2 is 2.15 bits per heavy atom. The molecule has 3 heteroatoms. The largest absolute Gasteiger partial charge is 0.481 e. The van der Waals surface area contributed by atoms with E-state index in [1.807, 2.05) is 0 Å². The van der Waals surface area contributed by atoms with E-state index in [1.54, 1.807) is 0 Å². The van der Waals surface area contributed by atoms with Gasteiger partial charge in [0, 0.05) is 13.2 Å². The molecule has 1 saturated carbocycles. The molecule has 3 nitrogen and oxygen atoms in total. The van der Waals surface area contributed by atoms with Crippen molar-refractivity contribution < 1.29 is 14.6 Å². The van der Waals surface area contributed by atoms with E-state index in [1.165, 1.54) is 0 Å². The summed E-state index contributed by atoms with van der Waals surface area (Å²) in [5.74, 6) is -0.647. The lowest BCUT2D eigenvalue weighted by atomic mass is 10.0. The number of rotatable bonds is 7. The minimum atomic E-state index is -0.647. The van der Waals surface area contributed by atoms with Crippen LogP contribution in [0, 0.1) is 5.41 Å². The summed E-state index contributed by atoms with van der Waals surface area (Å²) in [6.45, 7) is 3.49. The predicted molar refractivity (Wildman–Crippen MR) is 49.6 cm³/mol. The molecule has 1 aliphatic rings. The molecule has 1 aliphatic carbocycles. The van der Waals surface area contributed by atoms with Gasteiger partial charge in [-0.1, -0.05) is 13.3 Å². The molecule has 0 unspecified atom stereocenters. The second-order valence-corrected chi connectivity index (χ2v) is 3.80. The number of unbranched alkanes of at least 4 members (excludes halogenated alkanes) is 1. The summed E-state index contributed by atoms with van der Waals surface area (Å²) < 4.78 is 5.34. The van der Waals surface area contributed by atoms with Crippen LogP contribution in [-0.4, -0.2) is 24.3 Å². The van der Waals surface area contributed by atoms with Crippen molar-refractivity contribution in [2.24, 2.45) is 5.41 Å². The van der Waals surface area contributed by atoms with Crippen molar-refractivity contribution in [2.45, 2.75) is 39.0 Å². The summed E-state index contributed by atoms with van der Waals surface area (Å²) in [7, 11) is 0. The third-order valence-electron chi connectivity index (χ3n) is 2.67. The van der Waals surface area contributed by atoms with E-state index in [0.29, 0.717) is 13.0 Å². The summed E-state index contributed by atoms with van der Waals surface area (Å²) in [4.78, 5) is 10.7. The van der Waals surface area contributed by atoms with E-state index in [4.69, 9.17) is 9.84 Å². The summed E-state index contributed by atoms with van der Waals surface area (Å²) in [5.41, 5.74) is -0.411. The number of hydrogen-bond acceptors (Lipinski definition) is 2. The topological polar surface area (TPSA) is 46.5 Å². The average Bonchev–Trinajstić information content (AvgIpc) is 2.85. The molecule has 0 aromatic heterocycles. The minimum Gasteiger partial charge on any atom is -0.481 e. The fourth-order valence-corrected chi connectivity index (χ4v) is 1.34. The molecule has 0 spiro atoms. The van der Waals surface area contributed by atoms with Crippen LogP contribution in [0.3, 0.4) is 0 Å². The van der Waals surface area contributed by atoms with Crippen molar-refractivity contribution in [3.63, 3.8) is 0 Å². The van der Waals surface area contributed by atoms with Crippen LogP contribution in [0.5, 0.6) is 0 Å². The highest BCUT2D eigenvalue weighted by Crippen LogP contribution is 2.48. The van der Waals surface area contributed by atoms with Gasteiger partial charge >= 0.3 is 5.97 Å². The Balaban J connectivity index is 2.03. The van der Waals surface area contributed by atoms with Gasteiger partial charge in [0.1, 0.15) is 0 Å². The molecule has 1 N–H and O–H groups in total. The molecule has 0 saturated heterocycles. The zero-order valence-corrected chi connectivity index (χ0v) is 8.21. The lowest BCUT2D eigenvalue weighted by Crippen LogP contribution is -2.17. The molecule has 76 valence electrons. The van der Waals surface area contributed by atoms with Crippen LogP contribution < -0.4 is 0 Å². The summed E-state index contributed by atoms with van der Waals surface area (Å²) in [6.07, 6.45) is 4.55. The first kappa shape index (κ1) is 10.5. The summed E-state index contributed by atoms with van der Waals surface area (Å²) in [6, 6.07) is 0. The molecule has 1 fully saturated rings. The quantitative estimate of drug-likeness (QED) is 0.619. The number of ether oxygens (including phenoxy) is 1. The smallest absolute Gasteiger partial charge is 0.309 e. The number of carboxylic acid groups (broad SMARTS) is 1. The van der Waals surface area contributed by atoms with Crippen molar-refractivity contribution in [2.75, 3.05) is 13.2 Å². The number of hydrogen-bond donors (Lipinski definition) is 1. The molecule has 0 heterocycles. The van der Waals surface area contributed by atoms with E-state index in [2.05, 4.69) is 6.92 Å². The van der Waals surface area contributed by atoms with Crippen LogP contribution in [0.15, 0.2) is 0 Å². The Kier molecular flexibility index (Phi) is 3.72. The van der Waals surface area contributed by atoms with Gasteiger partial charge in [-0.25, -0.2) is 0 Å². The van der Waals surface area contributed by atoms with Gasteiger partial charge in [-0.3, -0.25) is 4.79 Å². The summed E-state index contributed by atoms with van der Waals surface area (Å²) in [5, 5.41) is 8.85. The molecular formula is C10H18O3. The minimum absolute atomic E-state index is 0.411. The van der Waals surface area contributed by atoms with E-state index in [-0.39, 0.29) is 0 Å². The maximum absolute atomic E-state index is 10.7. The van der Waals surface area contributed by atoms with Gasteiger partial charge < -0.3 is 9.84 Å². The third-order valence-corrected chi connectivity index (χ3v) is 2.67. The lowest BCUT2D eigenvalue weighted by Gasteiger charge is -2.09. The van der Waals surface area contributed by atoms with E-state index < -0.39 is 11.4 Å². The fraction of sp³-hybridized carbons (Fsp3) is 0.900. The van der Waals surface area contributed by atoms with Crippen LogP contribution in [-0.2, 0) is 9.53 Å². The van der Waals surface area contributed by atoms with E-state index in [9.17, 15) is 4.79 Å². The van der Waals surface area contributed by atoms with Gasteiger partial charge in [-0.15, -0.1) is 0 Å². The molecule has 0 atom stereocenters. The standard InChI is InChI=1S/C10H18O3/c1-2-3-7-13-8-6-10(4-5-10)9(11)12/h2-8H2,1H3,(H,11,12). The van der Waals surface area contributed by atoms with Gasteiger partial charge in [-0.05, 0) is 25.7 Å². The van der Waals surface area contributed by atoms with Gasteiger partial charge in [0.2, 0.25) is 0 Å². The third kappa shape index (κ3) is 2.99. The van der Waals surface area contributed by atoms with Crippen LogP contribution in [0.25, 0.3) is 0 Å². The van der Waals surface area contributed by atoms with Crippen molar-refractivity contribution in [3.8, 4) is 0 Å². The van der Waals surface area contributed by atoms with Crippen molar-refractivity contribution >= 4 is 5.97 Å². The van der Waals surface area contributed by atoms with Gasteiger partial charge in [0.25, 0.3) is 0 Å². The first-order valence-electron chi connectivity index (χ1n) is 5.02. The number of carboxylic acids is 1. The summed E-state index contributed by atoms with van der Waals surface area (Å²) >= 11 is 0. The maximum atomic E-state index is 10.7. The Morgan fingerprint density at radius 1 is 1.46 bits per heavy atom. The molecular weight excluding hydrogens is 168 g/mol. The molecule has 1 rings (SSSR count). The average molecular weight is 186 g/mol. The van der Waals surface area contributed by atoms with E-state index in [0.717, 1.165) is 32.3 Å². The Labute approximate surface area is 79.1 Å². The number of carbonyl (C=O) groups is 1. The van der Waals surface area contributed by atoms with Crippen molar-refractivity contribution in [3.05, 3.63) is 0 Å². The van der Waals surface area contributed by atoms with Gasteiger partial charge in [-0.2, -0.15) is 0 Å². The Morgan fingerprint density at radius 3 is 2.62 bits per heavy atom. The fourth-order valence-electron chi connectivity index (χ4n) is 1.34. The molecule has 0 aromatic rings. The highest BCUT2D eigenvalue weighted by Gasteiger charge is 2.49. The molecule has 13 heavy (non-hydrogen) atoms. The van der Waals surface area contributed by atoms with Crippen LogP contribution in [0.1, 0.15) is 39.0 Å². The van der Waals surface area contributed by atoms with Crippen LogP contribution >= 0.6 is 0 Å².